The van der Waals surface area contributed by atoms with Crippen LogP contribution >= 0.6 is 0 Å². The molecule has 3 aromatic carbocycles. The fraction of sp³-hybridized carbons (Fsp3) is 0.0833. The van der Waals surface area contributed by atoms with Gasteiger partial charge in [0, 0.05) is 19.2 Å². The average molecular weight is 388 g/mol. The second-order valence-corrected chi connectivity index (χ2v) is 6.58. The van der Waals surface area contributed by atoms with E-state index in [2.05, 4.69) is 5.32 Å². The van der Waals surface area contributed by atoms with Crippen molar-refractivity contribution >= 4 is 17.9 Å². The van der Waals surface area contributed by atoms with Crippen LogP contribution in [0, 0.1) is 5.82 Å². The molecule has 2 amide bonds. The highest BCUT2D eigenvalue weighted by Gasteiger charge is 2.18. The predicted molar refractivity (Wildman–Crippen MR) is 111 cm³/mol. The van der Waals surface area contributed by atoms with Crippen molar-refractivity contribution in [2.24, 2.45) is 0 Å². The van der Waals surface area contributed by atoms with E-state index in [1.54, 1.807) is 49.5 Å². The monoisotopic (exact) mass is 388 g/mol. The maximum Gasteiger partial charge on any atom is 0.270 e. The van der Waals surface area contributed by atoms with Crippen LogP contribution in [0.4, 0.5) is 4.39 Å². The molecule has 3 aromatic rings. The summed E-state index contributed by atoms with van der Waals surface area (Å²) in [5.74, 6) is -1.10. The van der Waals surface area contributed by atoms with Gasteiger partial charge in [0.2, 0.25) is 0 Å². The second kappa shape index (κ2) is 9.46. The molecule has 0 fully saturated rings. The van der Waals surface area contributed by atoms with Crippen LogP contribution in [0.3, 0.4) is 0 Å². The van der Waals surface area contributed by atoms with Gasteiger partial charge < -0.3 is 10.2 Å². The summed E-state index contributed by atoms with van der Waals surface area (Å²) in [6, 6.07) is 23.9. The first-order chi connectivity index (χ1) is 14.0. The third-order valence-corrected chi connectivity index (χ3v) is 4.30. The minimum Gasteiger partial charge on any atom is -0.336 e. The Morgan fingerprint density at radius 2 is 1.48 bits per heavy atom. The molecule has 0 bridgehead atoms. The third-order valence-electron chi connectivity index (χ3n) is 4.30. The lowest BCUT2D eigenvalue weighted by molar-refractivity contribution is -0.126. The fourth-order valence-corrected chi connectivity index (χ4v) is 2.80. The summed E-state index contributed by atoms with van der Waals surface area (Å²) in [5, 5.41) is 2.70. The normalized spacial score (nSPS) is 11.0. The molecule has 0 spiro atoms. The smallest absolute Gasteiger partial charge is 0.270 e. The van der Waals surface area contributed by atoms with Gasteiger partial charge in [-0.15, -0.1) is 0 Å². The van der Waals surface area contributed by atoms with Gasteiger partial charge in [-0.1, -0.05) is 60.7 Å². The topological polar surface area (TPSA) is 49.4 Å². The van der Waals surface area contributed by atoms with E-state index in [4.69, 9.17) is 0 Å². The van der Waals surface area contributed by atoms with Crippen molar-refractivity contribution in [3.8, 4) is 0 Å². The van der Waals surface area contributed by atoms with Crippen LogP contribution in [0.1, 0.15) is 21.5 Å². The third kappa shape index (κ3) is 5.62. The number of nitrogens with one attached hydrogen (secondary N) is 1. The van der Waals surface area contributed by atoms with Crippen molar-refractivity contribution in [3.05, 3.63) is 113 Å². The van der Waals surface area contributed by atoms with Gasteiger partial charge in [-0.05, 0) is 41.5 Å². The quantitative estimate of drug-likeness (QED) is 0.642. The molecule has 5 heteroatoms. The highest BCUT2D eigenvalue weighted by Crippen LogP contribution is 2.12. The number of likely N-dealkylation sites (N-methyl/N-ethyl adjacent to an activating group) is 1. The van der Waals surface area contributed by atoms with Gasteiger partial charge in [-0.25, -0.2) is 4.39 Å². The highest BCUT2D eigenvalue weighted by molar-refractivity contribution is 6.05. The van der Waals surface area contributed by atoms with E-state index in [9.17, 15) is 14.0 Å². The van der Waals surface area contributed by atoms with Crippen LogP contribution in [0.25, 0.3) is 6.08 Å². The Balaban J connectivity index is 1.86. The second-order valence-electron chi connectivity index (χ2n) is 6.58. The molecule has 146 valence electrons. The van der Waals surface area contributed by atoms with Crippen molar-refractivity contribution in [1.29, 1.82) is 0 Å². The van der Waals surface area contributed by atoms with Gasteiger partial charge in [0.1, 0.15) is 11.5 Å². The molecular weight excluding hydrogens is 367 g/mol. The Labute approximate surface area is 169 Å². The minimum absolute atomic E-state index is 0.115. The largest absolute Gasteiger partial charge is 0.336 e. The lowest BCUT2D eigenvalue weighted by Gasteiger charge is -2.20. The zero-order chi connectivity index (χ0) is 20.6. The molecule has 0 aliphatic heterocycles. The van der Waals surface area contributed by atoms with E-state index < -0.39 is 0 Å². The molecule has 0 saturated carbocycles. The van der Waals surface area contributed by atoms with Crippen LogP contribution in [0.15, 0.2) is 90.6 Å². The van der Waals surface area contributed by atoms with Crippen molar-refractivity contribution in [1.82, 2.24) is 10.2 Å². The van der Waals surface area contributed by atoms with E-state index in [1.807, 2.05) is 36.4 Å². The lowest BCUT2D eigenvalue weighted by atomic mass is 10.1. The summed E-state index contributed by atoms with van der Waals surface area (Å²) in [5.41, 5.74) is 2.13. The van der Waals surface area contributed by atoms with Gasteiger partial charge in [-0.2, -0.15) is 0 Å². The van der Waals surface area contributed by atoms with Gasteiger partial charge in [-0.3, -0.25) is 9.59 Å². The van der Waals surface area contributed by atoms with E-state index in [0.717, 1.165) is 5.56 Å². The van der Waals surface area contributed by atoms with E-state index >= 15 is 0 Å². The molecule has 29 heavy (non-hydrogen) atoms. The number of amides is 2. The van der Waals surface area contributed by atoms with Gasteiger partial charge in [0.25, 0.3) is 11.8 Å². The zero-order valence-corrected chi connectivity index (χ0v) is 16.0. The Bertz CT molecular complexity index is 1000. The van der Waals surface area contributed by atoms with Crippen LogP contribution in [0.5, 0.6) is 0 Å². The van der Waals surface area contributed by atoms with E-state index in [0.29, 0.717) is 17.7 Å². The first-order valence-electron chi connectivity index (χ1n) is 9.16. The first kappa shape index (κ1) is 20.0. The number of carbonyl (C=O) groups is 2. The van der Waals surface area contributed by atoms with Crippen molar-refractivity contribution in [3.63, 3.8) is 0 Å². The summed E-state index contributed by atoms with van der Waals surface area (Å²) in [4.78, 5) is 27.2. The molecule has 0 unspecified atom stereocenters. The number of hydrogen-bond acceptors (Lipinski definition) is 2. The number of halogens is 1. The van der Waals surface area contributed by atoms with Crippen LogP contribution in [-0.4, -0.2) is 23.8 Å². The van der Waals surface area contributed by atoms with E-state index in [-0.39, 0.29) is 23.3 Å². The average Bonchev–Trinajstić information content (AvgIpc) is 2.75. The van der Waals surface area contributed by atoms with Crippen LogP contribution in [0.2, 0.25) is 0 Å². The standard InChI is InChI=1S/C24H21FN2O2/c1-27(17-19-8-4-2-5-9-19)24(29)22(16-18-12-14-21(25)15-13-18)26-23(28)20-10-6-3-7-11-20/h2-16H,17H2,1H3,(H,26,28)/b22-16-. The predicted octanol–water partition coefficient (Wildman–Crippen LogP) is 4.26. The lowest BCUT2D eigenvalue weighted by Crippen LogP contribution is -2.35. The van der Waals surface area contributed by atoms with Gasteiger partial charge in [0.05, 0.1) is 0 Å². The molecule has 0 saturated heterocycles. The maximum absolute atomic E-state index is 13.2. The summed E-state index contributed by atoms with van der Waals surface area (Å²) in [7, 11) is 1.67. The molecule has 0 heterocycles. The van der Waals surface area contributed by atoms with Crippen molar-refractivity contribution in [2.75, 3.05) is 7.05 Å². The summed E-state index contributed by atoms with van der Waals surface area (Å²) in [6.07, 6.45) is 1.55. The van der Waals surface area contributed by atoms with Crippen LogP contribution in [-0.2, 0) is 11.3 Å². The summed E-state index contributed by atoms with van der Waals surface area (Å²) < 4.78 is 13.2. The van der Waals surface area contributed by atoms with Crippen molar-refractivity contribution in [2.45, 2.75) is 6.54 Å². The Morgan fingerprint density at radius 1 is 0.897 bits per heavy atom. The fourth-order valence-electron chi connectivity index (χ4n) is 2.80. The first-order valence-corrected chi connectivity index (χ1v) is 9.16. The molecule has 1 N–H and O–H groups in total. The molecule has 0 aromatic heterocycles. The number of nitrogens with zero attached hydrogens (tertiary/aromatic N) is 1. The van der Waals surface area contributed by atoms with Crippen molar-refractivity contribution < 1.29 is 14.0 Å². The number of rotatable bonds is 6. The number of benzene rings is 3. The van der Waals surface area contributed by atoms with E-state index in [1.165, 1.54) is 17.0 Å². The molecule has 0 aliphatic rings. The zero-order valence-electron chi connectivity index (χ0n) is 16.0. The Morgan fingerprint density at radius 3 is 2.10 bits per heavy atom. The maximum atomic E-state index is 13.2. The summed E-state index contributed by atoms with van der Waals surface area (Å²) in [6.45, 7) is 0.391. The summed E-state index contributed by atoms with van der Waals surface area (Å²) >= 11 is 0. The molecule has 0 aliphatic carbocycles. The number of hydrogen-bond donors (Lipinski definition) is 1. The Hall–Kier alpha value is -3.73. The van der Waals surface area contributed by atoms with Gasteiger partial charge >= 0.3 is 0 Å². The van der Waals surface area contributed by atoms with Crippen LogP contribution < -0.4 is 5.32 Å². The number of carbonyl (C=O) groups excluding carboxylic acids is 2. The molecule has 0 atom stereocenters. The molecule has 0 radical (unpaired) electrons. The SMILES string of the molecule is CN(Cc1ccccc1)C(=O)/C(=C/c1ccc(F)cc1)NC(=O)c1ccccc1. The Kier molecular flexibility index (Phi) is 6.53. The minimum atomic E-state index is -0.388. The molecular formula is C24H21FN2O2. The van der Waals surface area contributed by atoms with Gasteiger partial charge in [0.15, 0.2) is 0 Å². The molecule has 3 rings (SSSR count). The molecule has 4 nitrogen and oxygen atoms in total. The highest BCUT2D eigenvalue weighted by atomic mass is 19.1.